The second-order valence-electron chi connectivity index (χ2n) is 13.8. The zero-order valence-electron chi connectivity index (χ0n) is 25.1. The highest BCUT2D eigenvalue weighted by molar-refractivity contribution is 6.01. The summed E-state index contributed by atoms with van der Waals surface area (Å²) < 4.78 is 46.2. The number of nitrogen functional groups attached to an aromatic ring is 1. The van der Waals surface area contributed by atoms with E-state index in [0.29, 0.717) is 23.2 Å². The first kappa shape index (κ1) is 30.2. The number of alkyl halides is 2. The molecular formula is C35H37F2NO7. The minimum Gasteiger partial charge on any atom is -0.508 e. The smallest absolute Gasteiger partial charge is 0.193 e. The monoisotopic (exact) mass is 621 g/mol. The van der Waals surface area contributed by atoms with Crippen LogP contribution < -0.4 is 5.73 Å². The van der Waals surface area contributed by atoms with E-state index in [4.69, 9.17) is 15.2 Å². The van der Waals surface area contributed by atoms with Crippen LogP contribution in [0.15, 0.2) is 66.3 Å². The van der Waals surface area contributed by atoms with Gasteiger partial charge < -0.3 is 30.5 Å². The van der Waals surface area contributed by atoms with E-state index >= 15 is 8.78 Å². The molecule has 0 bridgehead atoms. The maximum atomic E-state index is 17.6. The first-order valence-corrected chi connectivity index (χ1v) is 15.4. The van der Waals surface area contributed by atoms with Crippen molar-refractivity contribution in [3.05, 3.63) is 83.0 Å². The van der Waals surface area contributed by atoms with Gasteiger partial charge in [-0.3, -0.25) is 9.59 Å². The highest BCUT2D eigenvalue weighted by Gasteiger charge is 2.80. The fraction of sp³-hybridized carbons (Fsp3) is 0.486. The van der Waals surface area contributed by atoms with Gasteiger partial charge in [0.2, 0.25) is 0 Å². The van der Waals surface area contributed by atoms with E-state index in [2.05, 4.69) is 0 Å². The molecule has 10 heteroatoms. The van der Waals surface area contributed by atoms with Crippen molar-refractivity contribution >= 4 is 17.3 Å². The van der Waals surface area contributed by atoms with Crippen LogP contribution in [0.1, 0.15) is 56.1 Å². The average molecular weight is 622 g/mol. The molecule has 1 heterocycles. The van der Waals surface area contributed by atoms with Crippen LogP contribution in [0, 0.1) is 22.7 Å². The van der Waals surface area contributed by atoms with Gasteiger partial charge in [0.1, 0.15) is 18.5 Å². The number of hydrogen-bond donors (Lipinski definition) is 4. The summed E-state index contributed by atoms with van der Waals surface area (Å²) in [6, 6.07) is 12.3. The molecule has 4 aliphatic carbocycles. The molecule has 3 saturated carbocycles. The number of aliphatic hydroxyl groups excluding tert-OH is 2. The van der Waals surface area contributed by atoms with Gasteiger partial charge in [-0.25, -0.2) is 8.78 Å². The van der Waals surface area contributed by atoms with Gasteiger partial charge in [0.25, 0.3) is 0 Å². The summed E-state index contributed by atoms with van der Waals surface area (Å²) in [4.78, 5) is 25.8. The molecule has 5 aliphatic rings. The highest BCUT2D eigenvalue weighted by Crippen LogP contribution is 2.72. The number of hydrogen-bond acceptors (Lipinski definition) is 8. The molecule has 0 spiro atoms. The molecule has 2 aromatic rings. The molecule has 5 N–H and O–H groups in total. The number of carbonyl (C=O) groups excluding carboxylic acids is 2. The SMILES string of the molecule is C[C@]12C=CC(=O)C=C1[C@@H](F)C[C@H]1[C@@H]3C[C@H]4OC(c5ccc(Cc6cccc(N)c6)c(O)c5)O[C@@]4(C(=O)CO)[C@@]3(C)C[C@H](O)[C@@]12F. The van der Waals surface area contributed by atoms with E-state index in [1.807, 2.05) is 18.2 Å². The molecule has 0 radical (unpaired) electrons. The molecular weight excluding hydrogens is 584 g/mol. The number of phenols is 1. The second-order valence-corrected chi connectivity index (χ2v) is 13.8. The number of benzene rings is 2. The Balaban J connectivity index is 1.23. The van der Waals surface area contributed by atoms with Crippen molar-refractivity contribution in [3.8, 4) is 5.75 Å². The van der Waals surface area contributed by atoms with Crippen LogP contribution in [-0.2, 0) is 25.5 Å². The van der Waals surface area contributed by atoms with Crippen LogP contribution in [0.3, 0.4) is 0 Å². The summed E-state index contributed by atoms with van der Waals surface area (Å²) in [6.07, 6.45) is -1.49. The van der Waals surface area contributed by atoms with Crippen LogP contribution in [0.25, 0.3) is 0 Å². The Kier molecular flexibility index (Phi) is 6.74. The summed E-state index contributed by atoms with van der Waals surface area (Å²) in [5.74, 6) is -2.78. The van der Waals surface area contributed by atoms with Crippen LogP contribution in [0.4, 0.5) is 14.5 Å². The van der Waals surface area contributed by atoms with Gasteiger partial charge in [0, 0.05) is 34.4 Å². The Morgan fingerprint density at radius 2 is 1.91 bits per heavy atom. The van der Waals surface area contributed by atoms with Gasteiger partial charge in [0.15, 0.2) is 29.1 Å². The fourth-order valence-electron chi connectivity index (χ4n) is 9.51. The van der Waals surface area contributed by atoms with Gasteiger partial charge in [-0.15, -0.1) is 0 Å². The van der Waals surface area contributed by atoms with Crippen molar-refractivity contribution in [1.29, 1.82) is 0 Å². The number of fused-ring (bicyclic) bond motifs is 7. The first-order chi connectivity index (χ1) is 21.3. The summed E-state index contributed by atoms with van der Waals surface area (Å²) in [7, 11) is 0. The molecule has 1 unspecified atom stereocenters. The van der Waals surface area contributed by atoms with E-state index in [1.54, 1.807) is 25.1 Å². The summed E-state index contributed by atoms with van der Waals surface area (Å²) in [5, 5.41) is 32.7. The van der Waals surface area contributed by atoms with Crippen molar-refractivity contribution in [2.24, 2.45) is 22.7 Å². The Hall–Kier alpha value is -3.44. The van der Waals surface area contributed by atoms with E-state index in [1.165, 1.54) is 25.1 Å². The fourth-order valence-corrected chi connectivity index (χ4v) is 9.51. The molecule has 1 aliphatic heterocycles. The van der Waals surface area contributed by atoms with Gasteiger partial charge in [-0.2, -0.15) is 0 Å². The van der Waals surface area contributed by atoms with E-state index in [9.17, 15) is 24.9 Å². The number of aliphatic hydroxyl groups is 2. The van der Waals surface area contributed by atoms with E-state index < -0.39 is 76.8 Å². The van der Waals surface area contributed by atoms with Crippen molar-refractivity contribution < 1.29 is 43.2 Å². The number of aromatic hydroxyl groups is 1. The molecule has 8 nitrogen and oxygen atoms in total. The standard InChI is InChI=1S/C35H37F2NO7/c1-32-9-8-22(40)13-25(32)26(36)14-24-23-15-30-35(29(43)17-39,33(23,2)16-28(42)34(24,32)37)45-31(44-30)20-7-6-19(27(41)12-20)10-18-4-3-5-21(38)11-18/h3-9,11-13,23-24,26,28,30-31,39,41-42H,10,14-17,38H2,1-2H3/t23-,24-,26-,28-,30+,31?,32-,33-,34-,35+/m0/s1. The predicted molar refractivity (Wildman–Crippen MR) is 159 cm³/mol. The molecule has 4 fully saturated rings. The van der Waals surface area contributed by atoms with Crippen LogP contribution in [0.2, 0.25) is 0 Å². The molecule has 238 valence electrons. The third-order valence-electron chi connectivity index (χ3n) is 11.7. The Morgan fingerprint density at radius 1 is 1.13 bits per heavy atom. The molecule has 7 rings (SSSR count). The Morgan fingerprint density at radius 3 is 2.62 bits per heavy atom. The van der Waals surface area contributed by atoms with Crippen molar-refractivity contribution in [2.45, 2.75) is 75.5 Å². The van der Waals surface area contributed by atoms with Crippen molar-refractivity contribution in [2.75, 3.05) is 12.3 Å². The van der Waals surface area contributed by atoms with Gasteiger partial charge in [-0.05, 0) is 79.2 Å². The minimum absolute atomic E-state index is 0.00609. The third kappa shape index (κ3) is 3.95. The van der Waals surface area contributed by atoms with Crippen LogP contribution in [0.5, 0.6) is 5.75 Å². The van der Waals surface area contributed by atoms with Gasteiger partial charge in [0.05, 0.1) is 12.2 Å². The van der Waals surface area contributed by atoms with Gasteiger partial charge >= 0.3 is 0 Å². The quantitative estimate of drug-likeness (QED) is 0.365. The van der Waals surface area contributed by atoms with Crippen LogP contribution in [-0.4, -0.2) is 63.1 Å². The lowest BCUT2D eigenvalue weighted by Gasteiger charge is -2.63. The van der Waals surface area contributed by atoms with E-state index in [-0.39, 0.29) is 30.6 Å². The lowest BCUT2D eigenvalue weighted by atomic mass is 9.44. The Labute approximate surface area is 259 Å². The summed E-state index contributed by atoms with van der Waals surface area (Å²) >= 11 is 0. The number of anilines is 1. The average Bonchev–Trinajstić information content (AvgIpc) is 3.50. The number of nitrogens with two attached hydrogens (primary N) is 1. The van der Waals surface area contributed by atoms with Crippen LogP contribution >= 0.6 is 0 Å². The minimum atomic E-state index is -2.32. The number of Topliss-reactive ketones (excluding diaryl/α,β-unsaturated/α-hetero) is 1. The van der Waals surface area contributed by atoms with Crippen molar-refractivity contribution in [1.82, 2.24) is 0 Å². The number of halogens is 2. The zero-order valence-corrected chi connectivity index (χ0v) is 25.1. The molecule has 10 atom stereocenters. The molecule has 0 amide bonds. The maximum Gasteiger partial charge on any atom is 0.193 e. The molecule has 2 aromatic carbocycles. The summed E-state index contributed by atoms with van der Waals surface area (Å²) in [6.45, 7) is 2.37. The highest BCUT2D eigenvalue weighted by atomic mass is 19.1. The normalized spacial score (nSPS) is 41.6. The number of carbonyl (C=O) groups is 2. The van der Waals surface area contributed by atoms with E-state index in [0.717, 1.165) is 11.6 Å². The second kappa shape index (κ2) is 10.0. The number of phenolic OH excluding ortho intramolecular Hbond substituents is 1. The van der Waals surface area contributed by atoms with Gasteiger partial charge in [-0.1, -0.05) is 37.3 Å². The lowest BCUT2D eigenvalue weighted by Crippen LogP contribution is -2.70. The number of allylic oxidation sites excluding steroid dienone is 4. The number of rotatable bonds is 5. The van der Waals surface area contributed by atoms with Crippen molar-refractivity contribution in [3.63, 3.8) is 0 Å². The lowest BCUT2D eigenvalue weighted by molar-refractivity contribution is -0.235. The topological polar surface area (TPSA) is 139 Å². The molecule has 45 heavy (non-hydrogen) atoms. The maximum absolute atomic E-state index is 17.6. The number of ketones is 2. The summed E-state index contributed by atoms with van der Waals surface area (Å²) in [5.41, 5.74) is 1.65. The molecule has 0 aromatic heterocycles. The molecule has 1 saturated heterocycles. The largest absolute Gasteiger partial charge is 0.508 e. The first-order valence-electron chi connectivity index (χ1n) is 15.4. The Bertz CT molecular complexity index is 1660. The predicted octanol–water partition coefficient (Wildman–Crippen LogP) is 4.21. The zero-order chi connectivity index (χ0) is 32.1. The third-order valence-corrected chi connectivity index (χ3v) is 11.7. The number of ether oxygens (including phenoxy) is 2.